The van der Waals surface area contributed by atoms with Crippen molar-refractivity contribution in [2.24, 2.45) is 5.92 Å². The zero-order valence-corrected chi connectivity index (χ0v) is 8.11. The van der Waals surface area contributed by atoms with Crippen LogP contribution < -0.4 is 5.32 Å². The number of aryl methyl sites for hydroxylation is 1. The van der Waals surface area contributed by atoms with Crippen LogP contribution in [0, 0.1) is 24.2 Å². The fourth-order valence-corrected chi connectivity index (χ4v) is 0.835. The number of aromatic nitrogens is 1. The van der Waals surface area contributed by atoms with Crippen LogP contribution in [0.15, 0.2) is 18.3 Å². The number of nitrogens with zero attached hydrogens (tertiary/aromatic N) is 2. The zero-order chi connectivity index (χ0) is 10.6. The monoisotopic (exact) mass is 189 g/mol. The highest BCUT2D eigenvalue weighted by Gasteiger charge is 2.11. The first kappa shape index (κ1) is 10.2. The molecule has 72 valence electrons. The molecule has 0 fully saturated rings. The lowest BCUT2D eigenvalue weighted by molar-refractivity contribution is -0.117. The summed E-state index contributed by atoms with van der Waals surface area (Å²) >= 11 is 0. The molecule has 1 amide bonds. The van der Waals surface area contributed by atoms with Crippen LogP contribution in [0.3, 0.4) is 0 Å². The van der Waals surface area contributed by atoms with Gasteiger partial charge >= 0.3 is 0 Å². The maximum atomic E-state index is 11.3. The van der Waals surface area contributed by atoms with Gasteiger partial charge < -0.3 is 5.32 Å². The molecule has 0 aliphatic rings. The minimum absolute atomic E-state index is 0.330. The van der Waals surface area contributed by atoms with Gasteiger partial charge in [0, 0.05) is 6.20 Å². The van der Waals surface area contributed by atoms with Crippen LogP contribution in [0.25, 0.3) is 0 Å². The molecule has 0 aromatic carbocycles. The number of nitriles is 1. The van der Waals surface area contributed by atoms with Crippen molar-refractivity contribution >= 4 is 11.7 Å². The van der Waals surface area contributed by atoms with E-state index in [4.69, 9.17) is 5.26 Å². The van der Waals surface area contributed by atoms with Crippen LogP contribution in [0.4, 0.5) is 5.82 Å². The Morgan fingerprint density at radius 2 is 2.36 bits per heavy atom. The first-order valence-electron chi connectivity index (χ1n) is 4.26. The van der Waals surface area contributed by atoms with Crippen molar-refractivity contribution in [1.29, 1.82) is 5.26 Å². The van der Waals surface area contributed by atoms with Gasteiger partial charge in [-0.1, -0.05) is 6.07 Å². The predicted molar refractivity (Wildman–Crippen MR) is 52.4 cm³/mol. The van der Waals surface area contributed by atoms with Crippen molar-refractivity contribution in [1.82, 2.24) is 4.98 Å². The summed E-state index contributed by atoms with van der Waals surface area (Å²) in [4.78, 5) is 15.2. The molecule has 1 N–H and O–H groups in total. The third-order valence-electron chi connectivity index (χ3n) is 1.75. The molecule has 0 saturated heterocycles. The second kappa shape index (κ2) is 4.38. The molecular formula is C10H11N3O. The Labute approximate surface area is 82.6 Å². The Morgan fingerprint density at radius 3 is 2.86 bits per heavy atom. The topological polar surface area (TPSA) is 65.8 Å². The SMILES string of the molecule is Cc1ccc(NC(=O)C(C)C#N)nc1. The minimum Gasteiger partial charge on any atom is -0.310 e. The molecular weight excluding hydrogens is 178 g/mol. The molecule has 1 rings (SSSR count). The number of hydrogen-bond acceptors (Lipinski definition) is 3. The molecule has 0 radical (unpaired) electrons. The molecule has 1 aromatic rings. The first-order chi connectivity index (χ1) is 6.63. The van der Waals surface area contributed by atoms with E-state index in [1.807, 2.05) is 19.1 Å². The van der Waals surface area contributed by atoms with Crippen LogP contribution in [-0.4, -0.2) is 10.9 Å². The number of carbonyl (C=O) groups is 1. The van der Waals surface area contributed by atoms with Gasteiger partial charge in [0.25, 0.3) is 0 Å². The van der Waals surface area contributed by atoms with Crippen LogP contribution in [0.2, 0.25) is 0 Å². The van der Waals surface area contributed by atoms with Gasteiger partial charge in [0.1, 0.15) is 11.7 Å². The Balaban J connectivity index is 2.66. The quantitative estimate of drug-likeness (QED) is 0.766. The van der Waals surface area contributed by atoms with Gasteiger partial charge in [0.15, 0.2) is 0 Å². The number of pyridine rings is 1. The molecule has 4 nitrogen and oxygen atoms in total. The van der Waals surface area contributed by atoms with Crippen molar-refractivity contribution in [2.75, 3.05) is 5.32 Å². The number of carbonyl (C=O) groups excluding carboxylic acids is 1. The van der Waals surface area contributed by atoms with E-state index >= 15 is 0 Å². The summed E-state index contributed by atoms with van der Waals surface area (Å²) in [5, 5.41) is 11.0. The van der Waals surface area contributed by atoms with Gasteiger partial charge in [-0.05, 0) is 25.5 Å². The summed E-state index contributed by atoms with van der Waals surface area (Å²) < 4.78 is 0. The summed E-state index contributed by atoms with van der Waals surface area (Å²) in [6.07, 6.45) is 1.66. The molecule has 0 bridgehead atoms. The number of hydrogen-bond donors (Lipinski definition) is 1. The van der Waals surface area contributed by atoms with Crippen LogP contribution >= 0.6 is 0 Å². The summed E-state index contributed by atoms with van der Waals surface area (Å²) in [7, 11) is 0. The summed E-state index contributed by atoms with van der Waals surface area (Å²) in [5.41, 5.74) is 1.02. The highest BCUT2D eigenvalue weighted by atomic mass is 16.1. The van der Waals surface area contributed by atoms with Crippen molar-refractivity contribution in [3.63, 3.8) is 0 Å². The lowest BCUT2D eigenvalue weighted by Crippen LogP contribution is -2.19. The van der Waals surface area contributed by atoms with E-state index in [0.717, 1.165) is 5.56 Å². The average molecular weight is 189 g/mol. The molecule has 0 aliphatic heterocycles. The lowest BCUT2D eigenvalue weighted by Gasteiger charge is -2.04. The molecule has 4 heteroatoms. The maximum absolute atomic E-state index is 11.3. The van der Waals surface area contributed by atoms with Gasteiger partial charge in [-0.3, -0.25) is 4.79 Å². The molecule has 0 saturated carbocycles. The fourth-order valence-electron chi connectivity index (χ4n) is 0.835. The molecule has 1 atom stereocenters. The van der Waals surface area contributed by atoms with Crippen molar-refractivity contribution in [2.45, 2.75) is 13.8 Å². The Bertz CT molecular complexity index is 364. The van der Waals surface area contributed by atoms with E-state index in [2.05, 4.69) is 10.3 Å². The maximum Gasteiger partial charge on any atom is 0.242 e. The molecule has 1 heterocycles. The second-order valence-electron chi connectivity index (χ2n) is 3.06. The lowest BCUT2D eigenvalue weighted by atomic mass is 10.2. The normalized spacial score (nSPS) is 11.5. The average Bonchev–Trinajstić information content (AvgIpc) is 2.20. The molecule has 14 heavy (non-hydrogen) atoms. The van der Waals surface area contributed by atoms with Gasteiger partial charge in [0.2, 0.25) is 5.91 Å². The first-order valence-corrected chi connectivity index (χ1v) is 4.26. The van der Waals surface area contributed by atoms with Crippen molar-refractivity contribution in [3.05, 3.63) is 23.9 Å². The van der Waals surface area contributed by atoms with Gasteiger partial charge in [-0.2, -0.15) is 5.26 Å². The van der Waals surface area contributed by atoms with E-state index < -0.39 is 5.92 Å². The van der Waals surface area contributed by atoms with E-state index in [-0.39, 0.29) is 5.91 Å². The Morgan fingerprint density at radius 1 is 1.64 bits per heavy atom. The highest BCUT2D eigenvalue weighted by molar-refractivity contribution is 5.92. The van der Waals surface area contributed by atoms with Gasteiger partial charge in [-0.25, -0.2) is 4.98 Å². The molecule has 0 aliphatic carbocycles. The van der Waals surface area contributed by atoms with Crippen molar-refractivity contribution in [3.8, 4) is 6.07 Å². The summed E-state index contributed by atoms with van der Waals surface area (Å²) in [5.74, 6) is -0.510. The third kappa shape index (κ3) is 2.56. The molecule has 1 unspecified atom stereocenters. The van der Waals surface area contributed by atoms with Crippen LogP contribution in [0.5, 0.6) is 0 Å². The number of nitrogens with one attached hydrogen (secondary N) is 1. The summed E-state index contributed by atoms with van der Waals surface area (Å²) in [6.45, 7) is 3.46. The van der Waals surface area contributed by atoms with E-state index in [1.165, 1.54) is 0 Å². The van der Waals surface area contributed by atoms with Crippen molar-refractivity contribution < 1.29 is 4.79 Å². The predicted octanol–water partition coefficient (Wildman–Crippen LogP) is 1.49. The number of anilines is 1. The zero-order valence-electron chi connectivity index (χ0n) is 8.11. The van der Waals surface area contributed by atoms with Crippen LogP contribution in [-0.2, 0) is 4.79 Å². The highest BCUT2D eigenvalue weighted by Crippen LogP contribution is 2.05. The molecule has 1 aromatic heterocycles. The third-order valence-corrected chi connectivity index (χ3v) is 1.75. The van der Waals surface area contributed by atoms with E-state index in [0.29, 0.717) is 5.82 Å². The number of rotatable bonds is 2. The smallest absolute Gasteiger partial charge is 0.242 e. The second-order valence-corrected chi connectivity index (χ2v) is 3.06. The minimum atomic E-state index is -0.655. The summed E-state index contributed by atoms with van der Waals surface area (Å²) in [6, 6.07) is 5.41. The van der Waals surface area contributed by atoms with Gasteiger partial charge in [-0.15, -0.1) is 0 Å². The Hall–Kier alpha value is -1.89. The molecule has 0 spiro atoms. The van der Waals surface area contributed by atoms with Gasteiger partial charge in [0.05, 0.1) is 6.07 Å². The van der Waals surface area contributed by atoms with Crippen LogP contribution in [0.1, 0.15) is 12.5 Å². The largest absolute Gasteiger partial charge is 0.310 e. The van der Waals surface area contributed by atoms with E-state index in [1.54, 1.807) is 19.2 Å². The number of amides is 1. The Kier molecular flexibility index (Phi) is 3.19. The standard InChI is InChI=1S/C10H11N3O/c1-7-3-4-9(12-6-7)13-10(14)8(2)5-11/h3-4,6,8H,1-2H3,(H,12,13,14). The fraction of sp³-hybridized carbons (Fsp3) is 0.300. The van der Waals surface area contributed by atoms with E-state index in [9.17, 15) is 4.79 Å².